The highest BCUT2D eigenvalue weighted by molar-refractivity contribution is 9.09. The molecule has 5 heteroatoms. The van der Waals surface area contributed by atoms with E-state index in [1.165, 1.54) is 0 Å². The molecule has 0 bridgehead atoms. The largest absolute Gasteiger partial charge is 0.214 e. The van der Waals surface area contributed by atoms with Gasteiger partial charge in [0.05, 0.1) is 5.25 Å². The van der Waals surface area contributed by atoms with Gasteiger partial charge in [0.2, 0.25) is 10.0 Å². The minimum atomic E-state index is -2.98. The molecule has 1 atom stereocenters. The standard InChI is InChI=1S/C7H14BrNO2S/c1-6(4-5-8)9-12(10,11)7-2-3-7/h6-7,9H,2-5H2,1H3. The van der Waals surface area contributed by atoms with E-state index in [1.807, 2.05) is 6.92 Å². The van der Waals surface area contributed by atoms with Gasteiger partial charge < -0.3 is 0 Å². The van der Waals surface area contributed by atoms with Gasteiger partial charge in [0.15, 0.2) is 0 Å². The van der Waals surface area contributed by atoms with Crippen LogP contribution in [0.25, 0.3) is 0 Å². The molecular formula is C7H14BrNO2S. The number of hydrogen-bond acceptors (Lipinski definition) is 2. The molecule has 1 saturated carbocycles. The van der Waals surface area contributed by atoms with Crippen molar-refractivity contribution in [3.63, 3.8) is 0 Å². The van der Waals surface area contributed by atoms with Crippen molar-refractivity contribution < 1.29 is 8.42 Å². The van der Waals surface area contributed by atoms with Gasteiger partial charge in [-0.05, 0) is 26.2 Å². The van der Waals surface area contributed by atoms with Crippen molar-refractivity contribution in [3.05, 3.63) is 0 Å². The van der Waals surface area contributed by atoms with Gasteiger partial charge in [0, 0.05) is 11.4 Å². The molecule has 12 heavy (non-hydrogen) atoms. The lowest BCUT2D eigenvalue weighted by Gasteiger charge is -2.11. The summed E-state index contributed by atoms with van der Waals surface area (Å²) < 4.78 is 25.4. The maximum Gasteiger partial charge on any atom is 0.214 e. The number of hydrogen-bond donors (Lipinski definition) is 1. The summed E-state index contributed by atoms with van der Waals surface area (Å²) in [5.41, 5.74) is 0. The second-order valence-corrected chi connectivity index (χ2v) is 6.03. The Kier molecular flexibility index (Phi) is 3.55. The van der Waals surface area contributed by atoms with Crippen LogP contribution in [0.5, 0.6) is 0 Å². The summed E-state index contributed by atoms with van der Waals surface area (Å²) in [5.74, 6) is 0. The second kappa shape index (κ2) is 4.07. The van der Waals surface area contributed by atoms with Gasteiger partial charge >= 0.3 is 0 Å². The molecule has 1 fully saturated rings. The zero-order chi connectivity index (χ0) is 9.19. The highest BCUT2D eigenvalue weighted by atomic mass is 79.9. The molecule has 1 rings (SSSR count). The van der Waals surface area contributed by atoms with E-state index >= 15 is 0 Å². The van der Waals surface area contributed by atoms with Gasteiger partial charge in [0.1, 0.15) is 0 Å². The van der Waals surface area contributed by atoms with Crippen molar-refractivity contribution in [1.82, 2.24) is 4.72 Å². The van der Waals surface area contributed by atoms with Gasteiger partial charge in [-0.2, -0.15) is 0 Å². The van der Waals surface area contributed by atoms with Crippen LogP contribution in [-0.2, 0) is 10.0 Å². The van der Waals surface area contributed by atoms with Crippen LogP contribution >= 0.6 is 15.9 Å². The topological polar surface area (TPSA) is 46.2 Å². The van der Waals surface area contributed by atoms with E-state index in [-0.39, 0.29) is 11.3 Å². The van der Waals surface area contributed by atoms with Gasteiger partial charge in [-0.3, -0.25) is 0 Å². The lowest BCUT2D eigenvalue weighted by molar-refractivity contribution is 0.556. The molecule has 0 aromatic heterocycles. The van der Waals surface area contributed by atoms with E-state index in [0.29, 0.717) is 0 Å². The van der Waals surface area contributed by atoms with Crippen LogP contribution in [0, 0.1) is 0 Å². The third-order valence-electron chi connectivity index (χ3n) is 1.87. The van der Waals surface area contributed by atoms with Crippen LogP contribution in [0.4, 0.5) is 0 Å². The first-order valence-corrected chi connectivity index (χ1v) is 6.80. The predicted octanol–water partition coefficient (Wildman–Crippen LogP) is 1.24. The number of halogens is 1. The number of alkyl halides is 1. The average molecular weight is 256 g/mol. The van der Waals surface area contributed by atoms with Gasteiger partial charge in [-0.25, -0.2) is 13.1 Å². The van der Waals surface area contributed by atoms with Crippen LogP contribution in [0.2, 0.25) is 0 Å². The second-order valence-electron chi connectivity index (χ2n) is 3.24. The van der Waals surface area contributed by atoms with Crippen molar-refractivity contribution in [1.29, 1.82) is 0 Å². The Morgan fingerprint density at radius 3 is 2.58 bits per heavy atom. The summed E-state index contributed by atoms with van der Waals surface area (Å²) in [5, 5.41) is 0.733. The molecule has 72 valence electrons. The lowest BCUT2D eigenvalue weighted by atomic mass is 10.3. The van der Waals surface area contributed by atoms with E-state index in [1.54, 1.807) is 0 Å². The van der Waals surface area contributed by atoms with Crippen molar-refractivity contribution in [2.24, 2.45) is 0 Å². The first-order chi connectivity index (χ1) is 5.56. The fraction of sp³-hybridized carbons (Fsp3) is 1.00. The summed E-state index contributed by atoms with van der Waals surface area (Å²) in [4.78, 5) is 0. The third-order valence-corrected chi connectivity index (χ3v) is 4.41. The quantitative estimate of drug-likeness (QED) is 0.752. The molecule has 0 amide bonds. The van der Waals surface area contributed by atoms with Crippen LogP contribution in [-0.4, -0.2) is 25.0 Å². The molecule has 1 unspecified atom stereocenters. The van der Waals surface area contributed by atoms with E-state index in [9.17, 15) is 8.42 Å². The molecule has 1 N–H and O–H groups in total. The maximum absolute atomic E-state index is 11.4. The van der Waals surface area contributed by atoms with Crippen LogP contribution in [0.1, 0.15) is 26.2 Å². The van der Waals surface area contributed by atoms with Gasteiger partial charge in [-0.15, -0.1) is 0 Å². The van der Waals surface area contributed by atoms with Gasteiger partial charge in [0.25, 0.3) is 0 Å². The number of rotatable bonds is 5. The van der Waals surface area contributed by atoms with Gasteiger partial charge in [-0.1, -0.05) is 15.9 Å². The molecule has 1 aliphatic rings. The number of nitrogens with one attached hydrogen (secondary N) is 1. The van der Waals surface area contributed by atoms with Crippen molar-refractivity contribution in [2.45, 2.75) is 37.5 Å². The fourth-order valence-corrected chi connectivity index (χ4v) is 3.29. The third kappa shape index (κ3) is 3.03. The van der Waals surface area contributed by atoms with Crippen LogP contribution in [0.3, 0.4) is 0 Å². The minimum Gasteiger partial charge on any atom is -0.212 e. The molecule has 0 saturated heterocycles. The highest BCUT2D eigenvalue weighted by Crippen LogP contribution is 2.27. The molecule has 0 aliphatic heterocycles. The molecule has 0 aromatic carbocycles. The predicted molar refractivity (Wildman–Crippen MR) is 53.0 cm³/mol. The fourth-order valence-electron chi connectivity index (χ4n) is 0.978. The zero-order valence-corrected chi connectivity index (χ0v) is 9.49. The Balaban J connectivity index is 2.38. The Morgan fingerprint density at radius 1 is 1.58 bits per heavy atom. The van der Waals surface area contributed by atoms with Crippen LogP contribution in [0.15, 0.2) is 0 Å². The highest BCUT2D eigenvalue weighted by Gasteiger charge is 2.36. The summed E-state index contributed by atoms with van der Waals surface area (Å²) >= 11 is 3.28. The first kappa shape index (κ1) is 10.5. The molecule has 1 aliphatic carbocycles. The minimum absolute atomic E-state index is 0.0509. The molecule has 0 heterocycles. The molecule has 0 radical (unpaired) electrons. The Bertz CT molecular complexity index is 236. The summed E-state index contributed by atoms with van der Waals surface area (Å²) in [7, 11) is -2.98. The molecule has 3 nitrogen and oxygen atoms in total. The maximum atomic E-state index is 11.4. The first-order valence-electron chi connectivity index (χ1n) is 4.13. The smallest absolute Gasteiger partial charge is 0.212 e. The van der Waals surface area contributed by atoms with Crippen molar-refractivity contribution in [3.8, 4) is 0 Å². The van der Waals surface area contributed by atoms with Crippen molar-refractivity contribution in [2.75, 3.05) is 5.33 Å². The van der Waals surface area contributed by atoms with Crippen molar-refractivity contribution >= 4 is 26.0 Å². The van der Waals surface area contributed by atoms with E-state index < -0.39 is 10.0 Å². The Labute approximate surface area is 82.1 Å². The molecule has 0 aromatic rings. The SMILES string of the molecule is CC(CCBr)NS(=O)(=O)C1CC1. The Hall–Kier alpha value is 0.390. The number of sulfonamides is 1. The summed E-state index contributed by atoms with van der Waals surface area (Å²) in [6.45, 7) is 1.89. The zero-order valence-electron chi connectivity index (χ0n) is 7.09. The molecule has 0 spiro atoms. The summed E-state index contributed by atoms with van der Waals surface area (Å²) in [6, 6.07) is 0.0509. The molecular weight excluding hydrogens is 242 g/mol. The monoisotopic (exact) mass is 255 g/mol. The Morgan fingerprint density at radius 2 is 2.17 bits per heavy atom. The van der Waals surface area contributed by atoms with E-state index in [0.717, 1.165) is 24.6 Å². The normalized spacial score (nSPS) is 20.8. The van der Waals surface area contributed by atoms with E-state index in [4.69, 9.17) is 0 Å². The van der Waals surface area contributed by atoms with E-state index in [2.05, 4.69) is 20.7 Å². The van der Waals surface area contributed by atoms with Crippen LogP contribution < -0.4 is 4.72 Å². The average Bonchev–Trinajstić information content (AvgIpc) is 2.65. The lowest BCUT2D eigenvalue weighted by Crippen LogP contribution is -2.35. The summed E-state index contributed by atoms with van der Waals surface area (Å²) in [6.07, 6.45) is 2.50.